The zero-order valence-corrected chi connectivity index (χ0v) is 15.7. The van der Waals surface area contributed by atoms with Crippen molar-refractivity contribution in [2.24, 2.45) is 11.3 Å². The van der Waals surface area contributed by atoms with Gasteiger partial charge in [0.2, 0.25) is 0 Å². The van der Waals surface area contributed by atoms with Crippen LogP contribution in [0.4, 0.5) is 9.59 Å². The monoisotopic (exact) mass is 360 g/mol. The molecule has 5 fully saturated rings. The second-order valence-corrected chi connectivity index (χ2v) is 8.62. The van der Waals surface area contributed by atoms with Crippen LogP contribution in [0.25, 0.3) is 0 Å². The van der Waals surface area contributed by atoms with Crippen molar-refractivity contribution in [2.75, 3.05) is 32.8 Å². The first-order valence-electron chi connectivity index (χ1n) is 9.84. The Morgan fingerprint density at radius 3 is 2.73 bits per heavy atom. The molecule has 5 aliphatic rings. The zero-order valence-electron chi connectivity index (χ0n) is 15.7. The van der Waals surface area contributed by atoms with Gasteiger partial charge in [-0.1, -0.05) is 13.3 Å². The number of piperazine rings is 1. The van der Waals surface area contributed by atoms with Gasteiger partial charge in [-0.15, -0.1) is 0 Å². The largest absolute Gasteiger partial charge is 0.449 e. The van der Waals surface area contributed by atoms with Crippen molar-refractivity contribution in [1.29, 1.82) is 5.26 Å². The first-order valence-corrected chi connectivity index (χ1v) is 9.84. The van der Waals surface area contributed by atoms with Gasteiger partial charge < -0.3 is 19.4 Å². The molecule has 3 aliphatic carbocycles. The Balaban J connectivity index is 1.35. The Labute approximate surface area is 154 Å². The second-order valence-electron chi connectivity index (χ2n) is 8.62. The van der Waals surface area contributed by atoms with Crippen LogP contribution in [-0.4, -0.2) is 71.2 Å². The van der Waals surface area contributed by atoms with E-state index >= 15 is 0 Å². The average molecular weight is 360 g/mol. The van der Waals surface area contributed by atoms with Crippen molar-refractivity contribution >= 4 is 12.1 Å². The minimum absolute atomic E-state index is 0.0218. The lowest BCUT2D eigenvalue weighted by Crippen LogP contribution is -2.76. The van der Waals surface area contributed by atoms with E-state index in [2.05, 4.69) is 13.0 Å². The van der Waals surface area contributed by atoms with Gasteiger partial charge in [0.25, 0.3) is 0 Å². The summed E-state index contributed by atoms with van der Waals surface area (Å²) in [5.74, 6) is 0.0676. The summed E-state index contributed by atoms with van der Waals surface area (Å²) >= 11 is 0. The Morgan fingerprint density at radius 1 is 1.35 bits per heavy atom. The number of fused-ring (bicyclic) bond motifs is 1. The van der Waals surface area contributed by atoms with Crippen molar-refractivity contribution < 1.29 is 14.3 Å². The molecule has 26 heavy (non-hydrogen) atoms. The number of hydrogen-bond acceptors (Lipinski definition) is 4. The third-order valence-electron chi connectivity index (χ3n) is 7.06. The molecule has 0 N–H and O–H groups in total. The van der Waals surface area contributed by atoms with Crippen molar-refractivity contribution in [1.82, 2.24) is 14.7 Å². The summed E-state index contributed by atoms with van der Waals surface area (Å²) in [5, 5.41) is 9.20. The van der Waals surface area contributed by atoms with Gasteiger partial charge in [-0.05, 0) is 38.0 Å². The minimum Gasteiger partial charge on any atom is -0.449 e. The fourth-order valence-electron chi connectivity index (χ4n) is 5.36. The predicted molar refractivity (Wildman–Crippen MR) is 94.2 cm³/mol. The number of rotatable bonds is 5. The standard InChI is InChI=1S/C19H28N4O3/c1-3-4-7-26-17(25)21-5-6-22-15(9-21)10-23(16(22)24)19-11-18(12-19,13-19)14(2)8-20/h14-15H,3-7,9-13H2,1-2H3/t14?,15-,18?,19?/m0/s1. The van der Waals surface area contributed by atoms with Gasteiger partial charge in [0, 0.05) is 37.6 Å². The van der Waals surface area contributed by atoms with E-state index in [1.807, 2.05) is 16.7 Å². The van der Waals surface area contributed by atoms with Gasteiger partial charge in [-0.25, -0.2) is 9.59 Å². The van der Waals surface area contributed by atoms with Gasteiger partial charge >= 0.3 is 12.1 Å². The molecule has 2 bridgehead atoms. The van der Waals surface area contributed by atoms with Crippen LogP contribution >= 0.6 is 0 Å². The van der Waals surface area contributed by atoms with Gasteiger partial charge in [-0.2, -0.15) is 5.26 Å². The first kappa shape index (κ1) is 17.4. The van der Waals surface area contributed by atoms with E-state index in [-0.39, 0.29) is 35.0 Å². The maximum atomic E-state index is 12.9. The number of nitriles is 1. The molecule has 2 saturated heterocycles. The van der Waals surface area contributed by atoms with Crippen LogP contribution in [0, 0.1) is 22.7 Å². The van der Waals surface area contributed by atoms with Gasteiger partial charge in [-0.3, -0.25) is 0 Å². The maximum absolute atomic E-state index is 12.9. The molecule has 0 radical (unpaired) electrons. The Kier molecular flexibility index (Phi) is 4.05. The lowest BCUT2D eigenvalue weighted by atomic mass is 9.35. The summed E-state index contributed by atoms with van der Waals surface area (Å²) in [6.45, 7) is 6.91. The molecular formula is C19H28N4O3. The predicted octanol–water partition coefficient (Wildman–Crippen LogP) is 2.43. The molecule has 0 spiro atoms. The molecular weight excluding hydrogens is 332 g/mol. The van der Waals surface area contributed by atoms with Crippen LogP contribution < -0.4 is 0 Å². The molecule has 2 heterocycles. The van der Waals surface area contributed by atoms with Crippen molar-refractivity contribution in [3.8, 4) is 6.07 Å². The van der Waals surface area contributed by atoms with Gasteiger partial charge in [0.15, 0.2) is 0 Å². The SMILES string of the molecule is CCCCOC(=O)N1CCN2C(=O)N(C34CC(C(C)C#N)(C3)C4)C[C@@H]2C1. The van der Waals surface area contributed by atoms with Crippen LogP contribution in [0.5, 0.6) is 0 Å². The number of unbranched alkanes of at least 4 members (excludes halogenated alkanes) is 1. The van der Waals surface area contributed by atoms with Crippen LogP contribution in [0.3, 0.4) is 0 Å². The van der Waals surface area contributed by atoms with Crippen molar-refractivity contribution in [3.63, 3.8) is 0 Å². The topological polar surface area (TPSA) is 76.9 Å². The van der Waals surface area contributed by atoms with E-state index in [1.165, 1.54) is 0 Å². The highest BCUT2D eigenvalue weighted by Gasteiger charge is 2.74. The Hall–Kier alpha value is -1.97. The molecule has 7 heteroatoms. The molecule has 0 aromatic rings. The quantitative estimate of drug-likeness (QED) is 0.706. The van der Waals surface area contributed by atoms with E-state index in [1.54, 1.807) is 4.90 Å². The smallest absolute Gasteiger partial charge is 0.409 e. The lowest BCUT2D eigenvalue weighted by Gasteiger charge is -2.74. The number of amides is 3. The fourth-order valence-corrected chi connectivity index (χ4v) is 5.36. The Morgan fingerprint density at radius 2 is 2.08 bits per heavy atom. The molecule has 0 aromatic carbocycles. The Bertz CT molecular complexity index is 638. The second kappa shape index (κ2) is 6.04. The average Bonchev–Trinajstić information content (AvgIpc) is 2.89. The van der Waals surface area contributed by atoms with Crippen LogP contribution in [-0.2, 0) is 4.74 Å². The van der Waals surface area contributed by atoms with Gasteiger partial charge in [0.05, 0.1) is 18.7 Å². The normalized spacial score (nSPS) is 36.0. The molecule has 2 atom stereocenters. The van der Waals surface area contributed by atoms with Crippen molar-refractivity contribution in [3.05, 3.63) is 0 Å². The zero-order chi connectivity index (χ0) is 18.5. The fraction of sp³-hybridized carbons (Fsp3) is 0.842. The number of nitrogens with zero attached hydrogens (tertiary/aromatic N) is 4. The first-order chi connectivity index (χ1) is 12.4. The van der Waals surface area contributed by atoms with Crippen LogP contribution in [0.15, 0.2) is 0 Å². The number of ether oxygens (including phenoxy) is 1. The highest BCUT2D eigenvalue weighted by Crippen LogP contribution is 2.73. The summed E-state index contributed by atoms with van der Waals surface area (Å²) in [4.78, 5) is 30.8. The summed E-state index contributed by atoms with van der Waals surface area (Å²) in [6.07, 6.45) is 4.52. The number of hydrogen-bond donors (Lipinski definition) is 0. The van der Waals surface area contributed by atoms with E-state index in [0.29, 0.717) is 32.8 Å². The summed E-state index contributed by atoms with van der Waals surface area (Å²) in [5.41, 5.74) is 0.124. The minimum atomic E-state index is -0.253. The van der Waals surface area contributed by atoms with E-state index in [4.69, 9.17) is 4.74 Å². The molecule has 5 rings (SSSR count). The maximum Gasteiger partial charge on any atom is 0.409 e. The van der Waals surface area contributed by atoms with E-state index < -0.39 is 0 Å². The summed E-state index contributed by atoms with van der Waals surface area (Å²) in [6, 6.07) is 2.56. The number of carbonyl (C=O) groups excluding carboxylic acids is 2. The molecule has 7 nitrogen and oxygen atoms in total. The summed E-state index contributed by atoms with van der Waals surface area (Å²) < 4.78 is 5.32. The number of urea groups is 1. The highest BCUT2D eigenvalue weighted by atomic mass is 16.6. The van der Waals surface area contributed by atoms with E-state index in [9.17, 15) is 14.9 Å². The van der Waals surface area contributed by atoms with Crippen molar-refractivity contribution in [2.45, 2.75) is 57.5 Å². The van der Waals surface area contributed by atoms with E-state index in [0.717, 1.165) is 32.1 Å². The molecule has 1 unspecified atom stereocenters. The lowest BCUT2D eigenvalue weighted by molar-refractivity contribution is -0.216. The van der Waals surface area contributed by atoms with Gasteiger partial charge in [0.1, 0.15) is 0 Å². The molecule has 3 saturated carbocycles. The third-order valence-corrected chi connectivity index (χ3v) is 7.06. The highest BCUT2D eigenvalue weighted by molar-refractivity contribution is 5.80. The van der Waals surface area contributed by atoms with Crippen LogP contribution in [0.1, 0.15) is 46.0 Å². The summed E-state index contributed by atoms with van der Waals surface area (Å²) in [7, 11) is 0. The molecule has 0 aromatic heterocycles. The van der Waals surface area contributed by atoms with Crippen LogP contribution in [0.2, 0.25) is 0 Å². The number of carbonyl (C=O) groups is 2. The molecule has 2 aliphatic heterocycles. The molecule has 3 amide bonds. The third kappa shape index (κ3) is 2.38. The molecule has 142 valence electrons.